The molecule has 3 heteroatoms. The van der Waals surface area contributed by atoms with Gasteiger partial charge in [-0.2, -0.15) is 0 Å². The highest BCUT2D eigenvalue weighted by atomic mass is 35.5. The van der Waals surface area contributed by atoms with E-state index >= 15 is 0 Å². The second-order valence-corrected chi connectivity index (χ2v) is 3.83. The Morgan fingerprint density at radius 1 is 1.36 bits per heavy atom. The van der Waals surface area contributed by atoms with Crippen LogP contribution in [0.5, 0.6) is 0 Å². The van der Waals surface area contributed by atoms with Gasteiger partial charge in [-0.3, -0.25) is 0 Å². The highest BCUT2D eigenvalue weighted by Crippen LogP contribution is 2.23. The summed E-state index contributed by atoms with van der Waals surface area (Å²) < 4.78 is 0. The van der Waals surface area contributed by atoms with Crippen molar-refractivity contribution in [2.45, 2.75) is 18.9 Å². The number of aliphatic hydroxyl groups excluding tert-OH is 1. The van der Waals surface area contributed by atoms with Gasteiger partial charge in [-0.05, 0) is 24.1 Å². The van der Waals surface area contributed by atoms with Crippen molar-refractivity contribution in [2.24, 2.45) is 0 Å². The van der Waals surface area contributed by atoms with Crippen LogP contribution < -0.4 is 0 Å². The van der Waals surface area contributed by atoms with Gasteiger partial charge < -0.3 is 5.11 Å². The third-order valence-corrected chi connectivity index (χ3v) is 2.55. The molecule has 0 saturated heterocycles. The fourth-order valence-corrected chi connectivity index (χ4v) is 1.47. The first kappa shape index (κ1) is 11.4. The van der Waals surface area contributed by atoms with Crippen molar-refractivity contribution in [1.29, 1.82) is 0 Å². The Morgan fingerprint density at radius 2 is 2.07 bits per heavy atom. The molecule has 0 bridgehead atoms. The summed E-state index contributed by atoms with van der Waals surface area (Å²) >= 11 is 11.6. The van der Waals surface area contributed by atoms with Crippen LogP contribution in [0.25, 0.3) is 0 Å². The highest BCUT2D eigenvalue weighted by Gasteiger charge is 2.05. The summed E-state index contributed by atoms with van der Waals surface area (Å²) in [7, 11) is 0. The van der Waals surface area contributed by atoms with Crippen molar-refractivity contribution >= 4 is 23.2 Å². The van der Waals surface area contributed by atoms with Crippen LogP contribution in [0.2, 0.25) is 10.0 Å². The molecule has 0 saturated carbocycles. The van der Waals surface area contributed by atoms with Gasteiger partial charge in [-0.25, -0.2) is 0 Å². The van der Waals surface area contributed by atoms with Crippen molar-refractivity contribution < 1.29 is 5.11 Å². The predicted octanol–water partition coefficient (Wildman–Crippen LogP) is 2.92. The second kappa shape index (κ2) is 5.26. The first-order valence-corrected chi connectivity index (χ1v) is 4.94. The molecule has 1 aromatic carbocycles. The molecule has 0 aliphatic heterocycles. The molecule has 0 radical (unpaired) electrons. The fraction of sp³-hybridized carbons (Fsp3) is 0.273. The van der Waals surface area contributed by atoms with Crippen LogP contribution in [0.4, 0.5) is 0 Å². The quantitative estimate of drug-likeness (QED) is 0.790. The minimum atomic E-state index is -0.516. The normalized spacial score (nSPS) is 12.1. The van der Waals surface area contributed by atoms with Gasteiger partial charge in [0, 0.05) is 6.42 Å². The number of aliphatic hydroxyl groups is 1. The van der Waals surface area contributed by atoms with Crippen molar-refractivity contribution in [3.05, 3.63) is 33.8 Å². The number of terminal acetylenes is 1. The van der Waals surface area contributed by atoms with Crippen molar-refractivity contribution in [1.82, 2.24) is 0 Å². The molecule has 0 spiro atoms. The molecule has 1 rings (SSSR count). The van der Waals surface area contributed by atoms with E-state index in [1.807, 2.05) is 6.07 Å². The lowest BCUT2D eigenvalue weighted by atomic mass is 10.1. The van der Waals surface area contributed by atoms with E-state index in [4.69, 9.17) is 29.6 Å². The molecular formula is C11H10Cl2O. The van der Waals surface area contributed by atoms with Crippen LogP contribution in [-0.2, 0) is 6.42 Å². The van der Waals surface area contributed by atoms with E-state index in [1.54, 1.807) is 12.1 Å². The molecule has 1 N–H and O–H groups in total. The van der Waals surface area contributed by atoms with Gasteiger partial charge in [0.25, 0.3) is 0 Å². The molecule has 1 nitrogen and oxygen atoms in total. The third-order valence-electron chi connectivity index (χ3n) is 1.81. The van der Waals surface area contributed by atoms with E-state index in [1.165, 1.54) is 0 Å². The van der Waals surface area contributed by atoms with Crippen LogP contribution in [0.15, 0.2) is 18.2 Å². The number of rotatable bonds is 3. The van der Waals surface area contributed by atoms with Crippen LogP contribution in [-0.4, -0.2) is 11.2 Å². The summed E-state index contributed by atoms with van der Waals surface area (Å²) in [6, 6.07) is 5.28. The number of hydrogen-bond acceptors (Lipinski definition) is 1. The predicted molar refractivity (Wildman–Crippen MR) is 59.6 cm³/mol. The molecule has 1 aromatic rings. The van der Waals surface area contributed by atoms with Crippen LogP contribution in [0, 0.1) is 12.3 Å². The van der Waals surface area contributed by atoms with Gasteiger partial charge in [0.15, 0.2) is 0 Å². The molecule has 14 heavy (non-hydrogen) atoms. The van der Waals surface area contributed by atoms with Gasteiger partial charge in [0.2, 0.25) is 0 Å². The number of halogens is 2. The molecule has 0 aromatic heterocycles. The Kier molecular flexibility index (Phi) is 4.28. The molecule has 1 unspecified atom stereocenters. The zero-order valence-corrected chi connectivity index (χ0v) is 9.02. The molecule has 74 valence electrons. The molecule has 0 heterocycles. The maximum atomic E-state index is 9.44. The van der Waals surface area contributed by atoms with E-state index < -0.39 is 6.10 Å². The topological polar surface area (TPSA) is 20.2 Å². The number of benzene rings is 1. The summed E-state index contributed by atoms with van der Waals surface area (Å²) in [5.74, 6) is 2.40. The summed E-state index contributed by atoms with van der Waals surface area (Å²) in [5, 5.41) is 10.5. The van der Waals surface area contributed by atoms with Gasteiger partial charge in [-0.15, -0.1) is 12.3 Å². The Labute approximate surface area is 93.7 Å². The van der Waals surface area contributed by atoms with Gasteiger partial charge >= 0.3 is 0 Å². The fourth-order valence-electron chi connectivity index (χ4n) is 1.15. The van der Waals surface area contributed by atoms with Gasteiger partial charge in [-0.1, -0.05) is 29.3 Å². The van der Waals surface area contributed by atoms with Crippen molar-refractivity contribution in [3.63, 3.8) is 0 Å². The zero-order valence-electron chi connectivity index (χ0n) is 7.50. The molecular weight excluding hydrogens is 219 g/mol. The maximum absolute atomic E-state index is 9.44. The average Bonchev–Trinajstić information content (AvgIpc) is 2.12. The molecule has 0 aliphatic carbocycles. The Morgan fingerprint density at radius 3 is 2.64 bits per heavy atom. The molecule has 0 fully saturated rings. The lowest BCUT2D eigenvalue weighted by Gasteiger charge is -2.07. The standard InChI is InChI=1S/C11H10Cl2O/c1-2-3-9(14)6-8-4-5-10(12)11(13)7-8/h1,4-5,7,9,14H,3,6H2. The summed E-state index contributed by atoms with van der Waals surface area (Å²) in [6.45, 7) is 0. The van der Waals surface area contributed by atoms with E-state index in [0.29, 0.717) is 22.9 Å². The first-order valence-electron chi connectivity index (χ1n) is 4.19. The second-order valence-electron chi connectivity index (χ2n) is 3.01. The molecule has 1 atom stereocenters. The van der Waals surface area contributed by atoms with Crippen molar-refractivity contribution in [3.8, 4) is 12.3 Å². The summed E-state index contributed by atoms with van der Waals surface area (Å²) in [6.07, 6.45) is 5.41. The monoisotopic (exact) mass is 228 g/mol. The minimum Gasteiger partial charge on any atom is -0.392 e. The highest BCUT2D eigenvalue weighted by molar-refractivity contribution is 6.42. The smallest absolute Gasteiger partial charge is 0.0689 e. The summed E-state index contributed by atoms with van der Waals surface area (Å²) in [5.41, 5.74) is 0.933. The van der Waals surface area contributed by atoms with Gasteiger partial charge in [0.05, 0.1) is 16.1 Å². The Bertz CT molecular complexity index is 355. The Balaban J connectivity index is 2.69. The van der Waals surface area contributed by atoms with Crippen LogP contribution in [0.1, 0.15) is 12.0 Å². The van der Waals surface area contributed by atoms with Gasteiger partial charge in [0.1, 0.15) is 0 Å². The van der Waals surface area contributed by atoms with Crippen LogP contribution in [0.3, 0.4) is 0 Å². The Hall–Kier alpha value is -0.680. The minimum absolute atomic E-state index is 0.347. The van der Waals surface area contributed by atoms with E-state index in [2.05, 4.69) is 5.92 Å². The summed E-state index contributed by atoms with van der Waals surface area (Å²) in [4.78, 5) is 0. The van der Waals surface area contributed by atoms with E-state index in [9.17, 15) is 5.11 Å². The number of hydrogen-bond donors (Lipinski definition) is 1. The van der Waals surface area contributed by atoms with Crippen LogP contribution >= 0.6 is 23.2 Å². The lowest BCUT2D eigenvalue weighted by molar-refractivity contribution is 0.181. The average molecular weight is 229 g/mol. The lowest BCUT2D eigenvalue weighted by Crippen LogP contribution is -2.08. The van der Waals surface area contributed by atoms with E-state index in [-0.39, 0.29) is 0 Å². The molecule has 0 amide bonds. The first-order chi connectivity index (χ1) is 6.63. The zero-order chi connectivity index (χ0) is 10.6. The molecule has 0 aliphatic rings. The SMILES string of the molecule is C#CCC(O)Cc1ccc(Cl)c(Cl)c1. The van der Waals surface area contributed by atoms with Crippen molar-refractivity contribution in [2.75, 3.05) is 0 Å². The van der Waals surface area contributed by atoms with E-state index in [0.717, 1.165) is 5.56 Å². The maximum Gasteiger partial charge on any atom is 0.0689 e. The third kappa shape index (κ3) is 3.23. The largest absolute Gasteiger partial charge is 0.392 e.